The first-order chi connectivity index (χ1) is 8.69. The lowest BCUT2D eigenvalue weighted by molar-refractivity contribution is 0.261. The smallest absolute Gasteiger partial charge is 0.165 e. The molecular formula is C14H22FNO2. The number of hydrogen-bond acceptors (Lipinski definition) is 3. The Morgan fingerprint density at radius 3 is 2.72 bits per heavy atom. The van der Waals surface area contributed by atoms with E-state index in [1.165, 1.54) is 6.07 Å². The van der Waals surface area contributed by atoms with E-state index >= 15 is 0 Å². The van der Waals surface area contributed by atoms with Crippen LogP contribution in [0.5, 0.6) is 5.75 Å². The van der Waals surface area contributed by atoms with Crippen molar-refractivity contribution in [3.05, 3.63) is 29.6 Å². The normalized spacial score (nSPS) is 12.4. The number of rotatable bonds is 8. The average molecular weight is 255 g/mol. The minimum absolute atomic E-state index is 0.123. The number of benzene rings is 1. The van der Waals surface area contributed by atoms with Gasteiger partial charge in [0.2, 0.25) is 0 Å². The Kier molecular flexibility index (Phi) is 6.68. The van der Waals surface area contributed by atoms with Crippen molar-refractivity contribution in [2.75, 3.05) is 20.3 Å². The van der Waals surface area contributed by atoms with Gasteiger partial charge in [0.25, 0.3) is 0 Å². The minimum atomic E-state index is -0.322. The largest absolute Gasteiger partial charge is 0.491 e. The molecule has 0 aliphatic heterocycles. The van der Waals surface area contributed by atoms with E-state index in [1.807, 2.05) is 20.0 Å². The number of hydrogen-bond donors (Lipinski definition) is 2. The highest BCUT2D eigenvalue weighted by Gasteiger charge is 2.08. The summed E-state index contributed by atoms with van der Waals surface area (Å²) in [6, 6.07) is 5.17. The molecule has 0 saturated heterocycles. The van der Waals surface area contributed by atoms with Gasteiger partial charge >= 0.3 is 0 Å². The van der Waals surface area contributed by atoms with Gasteiger partial charge < -0.3 is 15.2 Å². The monoisotopic (exact) mass is 255 g/mol. The highest BCUT2D eigenvalue weighted by Crippen LogP contribution is 2.22. The maximum absolute atomic E-state index is 13.7. The fourth-order valence-electron chi connectivity index (χ4n) is 1.64. The predicted octanol–water partition coefficient (Wildman–Crippen LogP) is 2.65. The molecule has 0 heterocycles. The fraction of sp³-hybridized carbons (Fsp3) is 0.571. The maximum atomic E-state index is 13.7. The van der Waals surface area contributed by atoms with Crippen LogP contribution in [0.2, 0.25) is 0 Å². The van der Waals surface area contributed by atoms with Crippen LogP contribution in [0.25, 0.3) is 0 Å². The summed E-state index contributed by atoms with van der Waals surface area (Å²) in [4.78, 5) is 0. The lowest BCUT2D eigenvalue weighted by Gasteiger charge is -2.12. The molecule has 1 aromatic rings. The van der Waals surface area contributed by atoms with Crippen molar-refractivity contribution in [1.82, 2.24) is 5.32 Å². The van der Waals surface area contributed by atoms with Crippen LogP contribution in [-0.2, 0) is 0 Å². The first kappa shape index (κ1) is 14.9. The van der Waals surface area contributed by atoms with Gasteiger partial charge in [-0.15, -0.1) is 0 Å². The lowest BCUT2D eigenvalue weighted by atomic mass is 10.1. The minimum Gasteiger partial charge on any atom is -0.491 e. The number of ether oxygens (including phenoxy) is 1. The third kappa shape index (κ3) is 4.63. The Balaban J connectivity index is 2.47. The second kappa shape index (κ2) is 8.06. The van der Waals surface area contributed by atoms with E-state index in [0.29, 0.717) is 12.4 Å². The van der Waals surface area contributed by atoms with Gasteiger partial charge in [-0.05, 0) is 50.9 Å². The molecule has 0 radical (unpaired) electrons. The SMILES string of the molecule is CNC(C)c1ccc(OCCCCCO)c(F)c1. The molecule has 0 bridgehead atoms. The Hall–Kier alpha value is -1.13. The van der Waals surface area contributed by atoms with E-state index in [9.17, 15) is 4.39 Å². The van der Waals surface area contributed by atoms with Crippen molar-refractivity contribution < 1.29 is 14.2 Å². The van der Waals surface area contributed by atoms with Crippen LogP contribution in [0.15, 0.2) is 18.2 Å². The van der Waals surface area contributed by atoms with Crippen molar-refractivity contribution in [3.63, 3.8) is 0 Å². The second-order valence-electron chi connectivity index (χ2n) is 4.33. The summed E-state index contributed by atoms with van der Waals surface area (Å²) < 4.78 is 19.1. The van der Waals surface area contributed by atoms with Crippen molar-refractivity contribution in [1.29, 1.82) is 0 Å². The van der Waals surface area contributed by atoms with Gasteiger partial charge in [-0.25, -0.2) is 4.39 Å². The summed E-state index contributed by atoms with van der Waals surface area (Å²) in [6.45, 7) is 2.66. The van der Waals surface area contributed by atoms with E-state index in [0.717, 1.165) is 24.8 Å². The van der Waals surface area contributed by atoms with Gasteiger partial charge in [-0.3, -0.25) is 0 Å². The summed E-state index contributed by atoms with van der Waals surface area (Å²) >= 11 is 0. The summed E-state index contributed by atoms with van der Waals surface area (Å²) in [6.07, 6.45) is 2.49. The molecule has 1 aromatic carbocycles. The predicted molar refractivity (Wildman–Crippen MR) is 70.3 cm³/mol. The Morgan fingerprint density at radius 2 is 2.11 bits per heavy atom. The van der Waals surface area contributed by atoms with Crippen LogP contribution in [0.3, 0.4) is 0 Å². The molecule has 102 valence electrons. The molecule has 0 aliphatic carbocycles. The second-order valence-corrected chi connectivity index (χ2v) is 4.33. The summed E-state index contributed by atoms with van der Waals surface area (Å²) in [5.41, 5.74) is 0.905. The molecular weight excluding hydrogens is 233 g/mol. The van der Waals surface area contributed by atoms with Gasteiger partial charge in [0.1, 0.15) is 0 Å². The van der Waals surface area contributed by atoms with E-state index in [4.69, 9.17) is 9.84 Å². The Morgan fingerprint density at radius 1 is 1.33 bits per heavy atom. The fourth-order valence-corrected chi connectivity index (χ4v) is 1.64. The van der Waals surface area contributed by atoms with E-state index in [1.54, 1.807) is 6.07 Å². The van der Waals surface area contributed by atoms with Crippen LogP contribution in [0, 0.1) is 5.82 Å². The molecule has 0 amide bonds. The summed E-state index contributed by atoms with van der Waals surface area (Å²) in [7, 11) is 1.84. The van der Waals surface area contributed by atoms with Gasteiger partial charge in [0.15, 0.2) is 11.6 Å². The average Bonchev–Trinajstić information content (AvgIpc) is 2.39. The van der Waals surface area contributed by atoms with Crippen LogP contribution in [0.4, 0.5) is 4.39 Å². The molecule has 1 atom stereocenters. The third-order valence-electron chi connectivity index (χ3n) is 2.95. The van der Waals surface area contributed by atoms with E-state index in [2.05, 4.69) is 5.32 Å². The zero-order valence-corrected chi connectivity index (χ0v) is 11.1. The lowest BCUT2D eigenvalue weighted by Crippen LogP contribution is -2.12. The quantitative estimate of drug-likeness (QED) is 0.702. The number of unbranched alkanes of at least 4 members (excludes halogenated alkanes) is 2. The molecule has 4 heteroatoms. The first-order valence-corrected chi connectivity index (χ1v) is 6.39. The maximum Gasteiger partial charge on any atom is 0.165 e. The number of aliphatic hydroxyl groups is 1. The summed E-state index contributed by atoms with van der Waals surface area (Å²) in [5, 5.41) is 11.7. The van der Waals surface area contributed by atoms with Gasteiger partial charge in [-0.1, -0.05) is 6.07 Å². The van der Waals surface area contributed by atoms with Crippen molar-refractivity contribution in [2.24, 2.45) is 0 Å². The highest BCUT2D eigenvalue weighted by atomic mass is 19.1. The van der Waals surface area contributed by atoms with Crippen LogP contribution in [0.1, 0.15) is 37.8 Å². The third-order valence-corrected chi connectivity index (χ3v) is 2.95. The van der Waals surface area contributed by atoms with Crippen LogP contribution >= 0.6 is 0 Å². The molecule has 1 rings (SSSR count). The van der Waals surface area contributed by atoms with Gasteiger partial charge in [0, 0.05) is 12.6 Å². The Bertz CT molecular complexity index is 358. The molecule has 0 spiro atoms. The first-order valence-electron chi connectivity index (χ1n) is 6.39. The zero-order valence-electron chi connectivity index (χ0n) is 11.1. The van der Waals surface area contributed by atoms with Crippen molar-refractivity contribution >= 4 is 0 Å². The number of nitrogens with one attached hydrogen (secondary N) is 1. The molecule has 0 fully saturated rings. The highest BCUT2D eigenvalue weighted by molar-refractivity contribution is 5.30. The van der Waals surface area contributed by atoms with Crippen molar-refractivity contribution in [2.45, 2.75) is 32.2 Å². The zero-order chi connectivity index (χ0) is 13.4. The van der Waals surface area contributed by atoms with E-state index in [-0.39, 0.29) is 18.5 Å². The topological polar surface area (TPSA) is 41.5 Å². The molecule has 1 unspecified atom stereocenters. The van der Waals surface area contributed by atoms with E-state index < -0.39 is 0 Å². The molecule has 0 saturated carbocycles. The van der Waals surface area contributed by atoms with Crippen LogP contribution in [-0.4, -0.2) is 25.4 Å². The molecule has 0 aliphatic rings. The summed E-state index contributed by atoms with van der Waals surface area (Å²) in [5.74, 6) is -0.0252. The van der Waals surface area contributed by atoms with Gasteiger partial charge in [0.05, 0.1) is 6.61 Å². The van der Waals surface area contributed by atoms with Crippen molar-refractivity contribution in [3.8, 4) is 5.75 Å². The number of aliphatic hydroxyl groups excluding tert-OH is 1. The number of halogens is 1. The molecule has 3 nitrogen and oxygen atoms in total. The van der Waals surface area contributed by atoms with Crippen LogP contribution < -0.4 is 10.1 Å². The Labute approximate surface area is 108 Å². The standard InChI is InChI=1S/C14H22FNO2/c1-11(16-2)12-6-7-14(13(15)10-12)18-9-5-3-4-8-17/h6-7,10-11,16-17H,3-5,8-9H2,1-2H3. The van der Waals surface area contributed by atoms with Gasteiger partial charge in [-0.2, -0.15) is 0 Å². The molecule has 2 N–H and O–H groups in total. The molecule has 18 heavy (non-hydrogen) atoms. The molecule has 0 aromatic heterocycles.